The number of rotatable bonds is 3. The third-order valence-electron chi connectivity index (χ3n) is 5.37. The first-order chi connectivity index (χ1) is 13.7. The van der Waals surface area contributed by atoms with Gasteiger partial charge in [-0.3, -0.25) is 9.59 Å². The standard InChI is InChI=1S/C22H24N2O3S/c1-27-17-9-6-15(7-10-17)19-5-3-2-4-12-24(19)22(26)16-8-11-20-18(13-16)23-21(25)14-28-20/h6-11,13,19H,2-5,12,14H2,1H3,(H,23,25)/t19-/m0/s1. The summed E-state index contributed by atoms with van der Waals surface area (Å²) in [5, 5.41) is 2.88. The summed E-state index contributed by atoms with van der Waals surface area (Å²) in [5.74, 6) is 1.24. The van der Waals surface area contributed by atoms with E-state index in [2.05, 4.69) is 17.4 Å². The zero-order chi connectivity index (χ0) is 19.5. The van der Waals surface area contributed by atoms with Crippen LogP contribution in [0, 0.1) is 0 Å². The number of nitrogens with zero attached hydrogens (tertiary/aromatic N) is 1. The molecule has 1 N–H and O–H groups in total. The molecule has 4 rings (SSSR count). The smallest absolute Gasteiger partial charge is 0.254 e. The lowest BCUT2D eigenvalue weighted by Gasteiger charge is -2.31. The summed E-state index contributed by atoms with van der Waals surface area (Å²) in [4.78, 5) is 28.1. The van der Waals surface area contributed by atoms with Crippen LogP contribution in [0.25, 0.3) is 0 Å². The van der Waals surface area contributed by atoms with E-state index in [-0.39, 0.29) is 17.9 Å². The van der Waals surface area contributed by atoms with E-state index in [0.717, 1.165) is 54.1 Å². The molecule has 0 saturated carbocycles. The molecule has 2 heterocycles. The highest BCUT2D eigenvalue weighted by molar-refractivity contribution is 8.00. The van der Waals surface area contributed by atoms with Crippen molar-refractivity contribution in [2.75, 3.05) is 24.7 Å². The normalized spacial score (nSPS) is 19.4. The number of benzene rings is 2. The first-order valence-corrected chi connectivity index (χ1v) is 10.7. The van der Waals surface area contributed by atoms with E-state index < -0.39 is 0 Å². The van der Waals surface area contributed by atoms with Crippen LogP contribution >= 0.6 is 11.8 Å². The Bertz CT molecular complexity index is 882. The quantitative estimate of drug-likeness (QED) is 0.830. The van der Waals surface area contributed by atoms with Gasteiger partial charge in [0.1, 0.15) is 5.75 Å². The summed E-state index contributed by atoms with van der Waals surface area (Å²) in [6.45, 7) is 0.744. The average Bonchev–Trinajstić information content (AvgIpc) is 2.99. The number of hydrogen-bond acceptors (Lipinski definition) is 4. The lowest BCUT2D eigenvalue weighted by atomic mass is 9.99. The maximum absolute atomic E-state index is 13.4. The first-order valence-electron chi connectivity index (χ1n) is 9.67. The minimum absolute atomic E-state index is 0.0204. The molecule has 2 amide bonds. The van der Waals surface area contributed by atoms with Crippen LogP contribution < -0.4 is 10.1 Å². The molecule has 2 aromatic rings. The Morgan fingerprint density at radius 1 is 1.14 bits per heavy atom. The van der Waals surface area contributed by atoms with Gasteiger partial charge in [0.2, 0.25) is 5.91 Å². The molecular weight excluding hydrogens is 372 g/mol. The van der Waals surface area contributed by atoms with Crippen molar-refractivity contribution in [3.8, 4) is 5.75 Å². The zero-order valence-corrected chi connectivity index (χ0v) is 16.8. The fraction of sp³-hybridized carbons (Fsp3) is 0.364. The van der Waals surface area contributed by atoms with Crippen molar-refractivity contribution in [2.45, 2.75) is 36.6 Å². The van der Waals surface area contributed by atoms with Gasteiger partial charge < -0.3 is 15.0 Å². The molecule has 0 spiro atoms. The molecule has 6 heteroatoms. The van der Waals surface area contributed by atoms with Crippen LogP contribution in [0.15, 0.2) is 47.4 Å². The number of thioether (sulfide) groups is 1. The number of methoxy groups -OCH3 is 1. The summed E-state index contributed by atoms with van der Waals surface area (Å²) < 4.78 is 5.27. The van der Waals surface area contributed by atoms with Crippen LogP contribution in [-0.4, -0.2) is 36.1 Å². The fourth-order valence-corrected chi connectivity index (χ4v) is 4.69. The number of likely N-dealkylation sites (tertiary alicyclic amines) is 1. The SMILES string of the molecule is COc1ccc([C@@H]2CCCCCN2C(=O)c2ccc3c(c2)NC(=O)CS3)cc1. The molecule has 1 fully saturated rings. The molecule has 0 radical (unpaired) electrons. The molecule has 0 aliphatic carbocycles. The van der Waals surface area contributed by atoms with Crippen molar-refractivity contribution in [3.05, 3.63) is 53.6 Å². The Labute approximate surface area is 169 Å². The van der Waals surface area contributed by atoms with E-state index in [9.17, 15) is 9.59 Å². The Morgan fingerprint density at radius 2 is 1.96 bits per heavy atom. The van der Waals surface area contributed by atoms with E-state index in [1.54, 1.807) is 7.11 Å². The van der Waals surface area contributed by atoms with Crippen LogP contribution in [0.5, 0.6) is 5.75 Å². The van der Waals surface area contributed by atoms with Crippen LogP contribution in [0.3, 0.4) is 0 Å². The van der Waals surface area contributed by atoms with Crippen molar-refractivity contribution in [1.29, 1.82) is 0 Å². The number of fused-ring (bicyclic) bond motifs is 1. The molecule has 5 nitrogen and oxygen atoms in total. The van der Waals surface area contributed by atoms with Gasteiger partial charge in [0.15, 0.2) is 0 Å². The maximum Gasteiger partial charge on any atom is 0.254 e. The van der Waals surface area contributed by atoms with Gasteiger partial charge in [0.05, 0.1) is 24.6 Å². The van der Waals surface area contributed by atoms with Crippen molar-refractivity contribution >= 4 is 29.3 Å². The highest BCUT2D eigenvalue weighted by Crippen LogP contribution is 2.35. The third kappa shape index (κ3) is 3.87. The van der Waals surface area contributed by atoms with Crippen molar-refractivity contribution in [2.24, 2.45) is 0 Å². The summed E-state index contributed by atoms with van der Waals surface area (Å²) in [6, 6.07) is 13.7. The molecule has 0 bridgehead atoms. The molecule has 146 valence electrons. The van der Waals surface area contributed by atoms with Gasteiger partial charge in [-0.2, -0.15) is 0 Å². The molecule has 2 aromatic carbocycles. The van der Waals surface area contributed by atoms with Crippen molar-refractivity contribution in [3.63, 3.8) is 0 Å². The van der Waals surface area contributed by atoms with Crippen LogP contribution in [0.1, 0.15) is 47.6 Å². The van der Waals surface area contributed by atoms with E-state index in [0.29, 0.717) is 11.3 Å². The topological polar surface area (TPSA) is 58.6 Å². The van der Waals surface area contributed by atoms with E-state index in [4.69, 9.17) is 4.74 Å². The molecule has 0 aromatic heterocycles. The van der Waals surface area contributed by atoms with E-state index in [1.165, 1.54) is 11.8 Å². The predicted octanol–water partition coefficient (Wildman–Crippen LogP) is 4.50. The minimum atomic E-state index is -0.0204. The van der Waals surface area contributed by atoms with Gasteiger partial charge in [-0.25, -0.2) is 0 Å². The first kappa shape index (κ1) is 18.9. The molecule has 1 atom stereocenters. The summed E-state index contributed by atoms with van der Waals surface area (Å²) in [6.07, 6.45) is 4.20. The monoisotopic (exact) mass is 396 g/mol. The van der Waals surface area contributed by atoms with Gasteiger partial charge in [0.25, 0.3) is 5.91 Å². The average molecular weight is 397 g/mol. The summed E-state index contributed by atoms with van der Waals surface area (Å²) >= 11 is 1.51. The van der Waals surface area contributed by atoms with Gasteiger partial charge in [-0.05, 0) is 48.7 Å². The summed E-state index contributed by atoms with van der Waals surface area (Å²) in [5.41, 5.74) is 2.50. The molecule has 1 saturated heterocycles. The van der Waals surface area contributed by atoms with Crippen LogP contribution in [-0.2, 0) is 4.79 Å². The van der Waals surface area contributed by atoms with Crippen molar-refractivity contribution in [1.82, 2.24) is 4.90 Å². The lowest BCUT2D eigenvalue weighted by Crippen LogP contribution is -2.35. The van der Waals surface area contributed by atoms with E-state index in [1.807, 2.05) is 35.2 Å². The van der Waals surface area contributed by atoms with Gasteiger partial charge >= 0.3 is 0 Å². The second-order valence-corrected chi connectivity index (χ2v) is 8.20. The summed E-state index contributed by atoms with van der Waals surface area (Å²) in [7, 11) is 1.66. The van der Waals surface area contributed by atoms with E-state index >= 15 is 0 Å². The Balaban J connectivity index is 1.63. The minimum Gasteiger partial charge on any atom is -0.497 e. The predicted molar refractivity (Wildman–Crippen MR) is 111 cm³/mol. The van der Waals surface area contributed by atoms with Crippen LogP contribution in [0.4, 0.5) is 5.69 Å². The molecule has 28 heavy (non-hydrogen) atoms. The van der Waals surface area contributed by atoms with Gasteiger partial charge in [0, 0.05) is 17.0 Å². The number of nitrogens with one attached hydrogen (secondary N) is 1. The Hall–Kier alpha value is -2.47. The number of anilines is 1. The third-order valence-corrected chi connectivity index (χ3v) is 6.45. The second kappa shape index (κ2) is 8.27. The molecule has 0 unspecified atom stereocenters. The number of hydrogen-bond donors (Lipinski definition) is 1. The second-order valence-electron chi connectivity index (χ2n) is 7.18. The molecule has 2 aliphatic heterocycles. The Kier molecular flexibility index (Phi) is 5.57. The number of carbonyl (C=O) groups excluding carboxylic acids is 2. The van der Waals surface area contributed by atoms with Crippen LogP contribution in [0.2, 0.25) is 0 Å². The largest absolute Gasteiger partial charge is 0.497 e. The fourth-order valence-electron chi connectivity index (χ4n) is 3.91. The number of amides is 2. The molecular formula is C22H24N2O3S. The molecule has 2 aliphatic rings. The van der Waals surface area contributed by atoms with Crippen molar-refractivity contribution < 1.29 is 14.3 Å². The lowest BCUT2D eigenvalue weighted by molar-refractivity contribution is -0.113. The number of ether oxygens (including phenoxy) is 1. The Morgan fingerprint density at radius 3 is 2.75 bits per heavy atom. The van der Waals surface area contributed by atoms with Gasteiger partial charge in [-0.1, -0.05) is 25.0 Å². The highest BCUT2D eigenvalue weighted by atomic mass is 32.2. The highest BCUT2D eigenvalue weighted by Gasteiger charge is 2.28. The zero-order valence-electron chi connectivity index (χ0n) is 15.9. The maximum atomic E-state index is 13.4. The number of carbonyl (C=O) groups is 2. The van der Waals surface area contributed by atoms with Gasteiger partial charge in [-0.15, -0.1) is 11.8 Å².